The minimum Gasteiger partial charge on any atom is -0.481 e. The van der Waals surface area contributed by atoms with Gasteiger partial charge >= 0.3 is 5.97 Å². The number of nitriles is 1. The number of hydrogen-bond donors (Lipinski definition) is 1. The van der Waals surface area contributed by atoms with Crippen LogP contribution in [-0.4, -0.2) is 40.6 Å². The van der Waals surface area contributed by atoms with Gasteiger partial charge in [-0.3, -0.25) is 9.59 Å². The lowest BCUT2D eigenvalue weighted by Crippen LogP contribution is -2.46. The maximum absolute atomic E-state index is 12.2. The SMILES string of the molecule is CC(Oc1ccc(C#N)cc1)C(=O)N(CC(=O)O)C(C)C. The first-order valence-electron chi connectivity index (χ1n) is 6.54. The van der Waals surface area contributed by atoms with Gasteiger partial charge in [0.1, 0.15) is 12.3 Å². The third-order valence-corrected chi connectivity index (χ3v) is 2.86. The molecular weight excluding hydrogens is 272 g/mol. The summed E-state index contributed by atoms with van der Waals surface area (Å²) in [6.45, 7) is 4.69. The van der Waals surface area contributed by atoms with Crippen LogP contribution < -0.4 is 4.74 Å². The van der Waals surface area contributed by atoms with Crippen LogP contribution in [0.15, 0.2) is 24.3 Å². The molecule has 1 unspecified atom stereocenters. The third kappa shape index (κ3) is 4.80. The fraction of sp³-hybridized carbons (Fsp3) is 0.400. The van der Waals surface area contributed by atoms with Crippen LogP contribution in [-0.2, 0) is 9.59 Å². The third-order valence-electron chi connectivity index (χ3n) is 2.86. The van der Waals surface area contributed by atoms with Gasteiger partial charge in [-0.25, -0.2) is 0 Å². The van der Waals surface area contributed by atoms with Crippen molar-refractivity contribution in [1.82, 2.24) is 4.90 Å². The smallest absolute Gasteiger partial charge is 0.323 e. The second kappa shape index (κ2) is 7.29. The highest BCUT2D eigenvalue weighted by molar-refractivity contribution is 5.84. The summed E-state index contributed by atoms with van der Waals surface area (Å²) in [6, 6.07) is 8.12. The summed E-state index contributed by atoms with van der Waals surface area (Å²) in [6.07, 6.45) is -0.806. The topological polar surface area (TPSA) is 90.6 Å². The Bertz CT molecular complexity index is 546. The van der Waals surface area contributed by atoms with Gasteiger partial charge in [-0.1, -0.05) is 0 Å². The molecular formula is C15H18N2O4. The summed E-state index contributed by atoms with van der Waals surface area (Å²) in [4.78, 5) is 24.3. The molecule has 0 saturated carbocycles. The van der Waals surface area contributed by atoms with E-state index >= 15 is 0 Å². The molecule has 6 nitrogen and oxygen atoms in total. The van der Waals surface area contributed by atoms with Crippen LogP contribution in [0, 0.1) is 11.3 Å². The van der Waals surface area contributed by atoms with E-state index in [-0.39, 0.29) is 12.6 Å². The molecule has 0 bridgehead atoms. The molecule has 0 fully saturated rings. The Labute approximate surface area is 123 Å². The fourth-order valence-electron chi connectivity index (χ4n) is 1.76. The van der Waals surface area contributed by atoms with Crippen molar-refractivity contribution < 1.29 is 19.4 Å². The monoisotopic (exact) mass is 290 g/mol. The van der Waals surface area contributed by atoms with E-state index in [0.717, 1.165) is 0 Å². The molecule has 0 aliphatic rings. The number of amides is 1. The highest BCUT2D eigenvalue weighted by atomic mass is 16.5. The van der Waals surface area contributed by atoms with Gasteiger partial charge < -0.3 is 14.7 Å². The van der Waals surface area contributed by atoms with Crippen molar-refractivity contribution in [1.29, 1.82) is 5.26 Å². The summed E-state index contributed by atoms with van der Waals surface area (Å²) in [7, 11) is 0. The number of rotatable bonds is 6. The van der Waals surface area contributed by atoms with Gasteiger partial charge in [0.05, 0.1) is 11.6 Å². The predicted octanol–water partition coefficient (Wildman–Crippen LogP) is 1.65. The van der Waals surface area contributed by atoms with Gasteiger partial charge in [0.25, 0.3) is 5.91 Å². The number of carbonyl (C=O) groups excluding carboxylic acids is 1. The molecule has 6 heteroatoms. The van der Waals surface area contributed by atoms with Crippen LogP contribution in [0.1, 0.15) is 26.3 Å². The van der Waals surface area contributed by atoms with E-state index in [9.17, 15) is 9.59 Å². The van der Waals surface area contributed by atoms with Gasteiger partial charge in [0.15, 0.2) is 6.10 Å². The van der Waals surface area contributed by atoms with E-state index < -0.39 is 18.0 Å². The number of carboxylic acid groups (broad SMARTS) is 1. The standard InChI is InChI=1S/C15H18N2O4/c1-10(2)17(9-14(18)19)15(20)11(3)21-13-6-4-12(8-16)5-7-13/h4-7,10-11H,9H2,1-3H3,(H,18,19). The quantitative estimate of drug-likeness (QED) is 0.860. The van der Waals surface area contributed by atoms with Crippen LogP contribution in [0.5, 0.6) is 5.75 Å². The molecule has 1 aromatic carbocycles. The van der Waals surface area contributed by atoms with E-state index in [1.807, 2.05) is 6.07 Å². The first-order valence-corrected chi connectivity index (χ1v) is 6.54. The Hall–Kier alpha value is -2.55. The fourth-order valence-corrected chi connectivity index (χ4v) is 1.76. The lowest BCUT2D eigenvalue weighted by atomic mass is 10.2. The number of hydrogen-bond acceptors (Lipinski definition) is 4. The van der Waals surface area contributed by atoms with Gasteiger partial charge in [-0.15, -0.1) is 0 Å². The van der Waals surface area contributed by atoms with Crippen molar-refractivity contribution in [2.75, 3.05) is 6.54 Å². The number of aliphatic carboxylic acids is 1. The molecule has 1 atom stereocenters. The minimum absolute atomic E-state index is 0.236. The molecule has 0 radical (unpaired) electrons. The van der Waals surface area contributed by atoms with Gasteiger partial charge in [-0.2, -0.15) is 5.26 Å². The zero-order valence-electron chi connectivity index (χ0n) is 12.2. The Morgan fingerprint density at radius 3 is 2.29 bits per heavy atom. The van der Waals surface area contributed by atoms with Crippen LogP contribution in [0.4, 0.5) is 0 Å². The van der Waals surface area contributed by atoms with E-state index in [1.165, 1.54) is 4.90 Å². The summed E-state index contributed by atoms with van der Waals surface area (Å²) < 4.78 is 5.49. The second-order valence-electron chi connectivity index (χ2n) is 4.85. The maximum Gasteiger partial charge on any atom is 0.323 e. The highest BCUT2D eigenvalue weighted by Gasteiger charge is 2.26. The van der Waals surface area contributed by atoms with Gasteiger partial charge in [0, 0.05) is 6.04 Å². The van der Waals surface area contributed by atoms with E-state index in [1.54, 1.807) is 45.0 Å². The van der Waals surface area contributed by atoms with Crippen LogP contribution in [0.3, 0.4) is 0 Å². The Morgan fingerprint density at radius 2 is 1.86 bits per heavy atom. The maximum atomic E-state index is 12.2. The second-order valence-corrected chi connectivity index (χ2v) is 4.85. The van der Waals surface area contributed by atoms with Crippen molar-refractivity contribution in [3.63, 3.8) is 0 Å². The summed E-state index contributed by atoms with van der Waals surface area (Å²) in [5, 5.41) is 17.6. The van der Waals surface area contributed by atoms with Gasteiger partial charge in [0.2, 0.25) is 0 Å². The molecule has 1 rings (SSSR count). The number of nitrogens with zero attached hydrogens (tertiary/aromatic N) is 2. The molecule has 0 aromatic heterocycles. The number of ether oxygens (including phenoxy) is 1. The lowest BCUT2D eigenvalue weighted by Gasteiger charge is -2.28. The van der Waals surface area contributed by atoms with Crippen LogP contribution >= 0.6 is 0 Å². The molecule has 1 N–H and O–H groups in total. The summed E-state index contributed by atoms with van der Waals surface area (Å²) >= 11 is 0. The summed E-state index contributed by atoms with van der Waals surface area (Å²) in [5.74, 6) is -1.01. The molecule has 0 spiro atoms. The van der Waals surface area contributed by atoms with Crippen LogP contribution in [0.25, 0.3) is 0 Å². The average Bonchev–Trinajstić information content (AvgIpc) is 2.44. The van der Waals surface area contributed by atoms with E-state index in [0.29, 0.717) is 11.3 Å². The lowest BCUT2D eigenvalue weighted by molar-refractivity contribution is -0.149. The van der Waals surface area contributed by atoms with Crippen molar-refractivity contribution in [2.45, 2.75) is 32.9 Å². The molecule has 21 heavy (non-hydrogen) atoms. The molecule has 112 valence electrons. The van der Waals surface area contributed by atoms with Crippen LogP contribution in [0.2, 0.25) is 0 Å². The zero-order valence-corrected chi connectivity index (χ0v) is 12.2. The zero-order chi connectivity index (χ0) is 16.0. The first-order chi connectivity index (χ1) is 9.85. The predicted molar refractivity (Wildman–Crippen MR) is 75.7 cm³/mol. The highest BCUT2D eigenvalue weighted by Crippen LogP contribution is 2.15. The van der Waals surface area contributed by atoms with Gasteiger partial charge in [-0.05, 0) is 45.0 Å². The molecule has 0 saturated heterocycles. The van der Waals surface area contributed by atoms with E-state index in [2.05, 4.69) is 0 Å². The Balaban J connectivity index is 2.76. The van der Waals surface area contributed by atoms with Crippen molar-refractivity contribution in [3.8, 4) is 11.8 Å². The first kappa shape index (κ1) is 16.5. The number of carboxylic acids is 1. The Morgan fingerprint density at radius 1 is 1.29 bits per heavy atom. The number of carbonyl (C=O) groups is 2. The average molecular weight is 290 g/mol. The molecule has 0 aliphatic heterocycles. The van der Waals surface area contributed by atoms with Crippen molar-refractivity contribution in [3.05, 3.63) is 29.8 Å². The van der Waals surface area contributed by atoms with Crippen molar-refractivity contribution in [2.24, 2.45) is 0 Å². The molecule has 0 heterocycles. The van der Waals surface area contributed by atoms with E-state index in [4.69, 9.17) is 15.1 Å². The normalized spacial score (nSPS) is 11.6. The number of benzene rings is 1. The molecule has 1 aromatic rings. The Kier molecular flexibility index (Phi) is 5.73. The molecule has 1 amide bonds. The van der Waals surface area contributed by atoms with Crippen molar-refractivity contribution >= 4 is 11.9 Å². The summed E-state index contributed by atoms with van der Waals surface area (Å²) in [5.41, 5.74) is 0.496. The molecule has 0 aliphatic carbocycles. The minimum atomic E-state index is -1.07. The largest absolute Gasteiger partial charge is 0.481 e.